The summed E-state index contributed by atoms with van der Waals surface area (Å²) in [4.78, 5) is 18.1. The number of amides is 1. The van der Waals surface area contributed by atoms with Crippen molar-refractivity contribution < 1.29 is 4.79 Å². The third-order valence-corrected chi connectivity index (χ3v) is 8.34. The Morgan fingerprint density at radius 3 is 2.75 bits per heavy atom. The van der Waals surface area contributed by atoms with Gasteiger partial charge in [0.05, 0.1) is 4.91 Å². The van der Waals surface area contributed by atoms with Gasteiger partial charge in [-0.25, -0.2) is 0 Å². The Labute approximate surface area is 200 Å². The van der Waals surface area contributed by atoms with Gasteiger partial charge < -0.3 is 4.90 Å². The number of hydrogen-bond donors (Lipinski definition) is 0. The van der Waals surface area contributed by atoms with Crippen molar-refractivity contribution in [2.45, 2.75) is 63.8 Å². The number of hydrogen-bond acceptors (Lipinski definition) is 4. The highest BCUT2D eigenvalue weighted by atomic mass is 32.2. The van der Waals surface area contributed by atoms with E-state index in [9.17, 15) is 4.79 Å². The number of rotatable bonds is 7. The third kappa shape index (κ3) is 4.01. The lowest BCUT2D eigenvalue weighted by atomic mass is 9.96. The molecule has 2 heterocycles. The van der Waals surface area contributed by atoms with Gasteiger partial charge in [-0.05, 0) is 60.7 Å². The lowest BCUT2D eigenvalue weighted by Gasteiger charge is -2.27. The second-order valence-electron chi connectivity index (χ2n) is 9.02. The predicted octanol–water partition coefficient (Wildman–Crippen LogP) is 7.26. The number of thioether (sulfide) groups is 1. The van der Waals surface area contributed by atoms with Crippen molar-refractivity contribution in [3.63, 3.8) is 0 Å². The number of para-hydroxylation sites is 1. The van der Waals surface area contributed by atoms with Gasteiger partial charge in [-0.1, -0.05) is 80.9 Å². The summed E-state index contributed by atoms with van der Waals surface area (Å²) in [5.41, 5.74) is 5.14. The molecule has 0 aromatic heterocycles. The molecule has 3 nitrogen and oxygen atoms in total. The highest BCUT2D eigenvalue weighted by molar-refractivity contribution is 8.26. The number of carbonyl (C=O) groups excluding carboxylic acids is 1. The second kappa shape index (κ2) is 9.40. The van der Waals surface area contributed by atoms with Crippen LogP contribution in [-0.4, -0.2) is 27.7 Å². The van der Waals surface area contributed by atoms with Crippen LogP contribution in [0.25, 0.3) is 6.08 Å². The summed E-state index contributed by atoms with van der Waals surface area (Å²) in [7, 11) is 0. The van der Waals surface area contributed by atoms with Gasteiger partial charge in [-0.2, -0.15) is 0 Å². The highest BCUT2D eigenvalue weighted by Crippen LogP contribution is 2.52. The Morgan fingerprint density at radius 1 is 1.09 bits per heavy atom. The largest absolute Gasteiger partial charge is 0.338 e. The van der Waals surface area contributed by atoms with Crippen molar-refractivity contribution in [1.29, 1.82) is 0 Å². The zero-order valence-electron chi connectivity index (χ0n) is 18.6. The minimum Gasteiger partial charge on any atom is -0.338 e. The molecule has 5 rings (SSSR count). The Hall–Kier alpha value is -2.11. The van der Waals surface area contributed by atoms with Gasteiger partial charge in [-0.15, -0.1) is 0 Å². The molecular formula is C27H30N2OS2. The molecule has 1 amide bonds. The molecule has 2 atom stereocenters. The molecule has 1 aliphatic carbocycles. The number of fused-ring (bicyclic) bond motifs is 3. The van der Waals surface area contributed by atoms with Gasteiger partial charge in [0.2, 0.25) is 0 Å². The average Bonchev–Trinajstić information content (AvgIpc) is 3.46. The third-order valence-electron chi connectivity index (χ3n) is 6.96. The molecule has 5 heteroatoms. The quantitative estimate of drug-likeness (QED) is 0.245. The topological polar surface area (TPSA) is 23.6 Å². The normalized spacial score (nSPS) is 23.3. The first-order chi connectivity index (χ1) is 15.7. The number of benzene rings is 2. The van der Waals surface area contributed by atoms with Crippen LogP contribution in [0.4, 0.5) is 11.4 Å². The molecule has 166 valence electrons. The SMILES string of the molecule is CCCCCCN1C(=O)/C(=C\c2ccc3c(c2)C2CCCC2N3c2ccccc2)SC1=S. The molecule has 1 saturated carbocycles. The number of nitrogens with zero attached hydrogens (tertiary/aromatic N) is 2. The van der Waals surface area contributed by atoms with Crippen molar-refractivity contribution >= 4 is 51.7 Å². The molecule has 0 spiro atoms. The molecule has 2 aromatic rings. The first-order valence-electron chi connectivity index (χ1n) is 11.9. The maximum Gasteiger partial charge on any atom is 0.266 e. The van der Waals surface area contributed by atoms with E-state index in [1.54, 1.807) is 4.90 Å². The van der Waals surface area contributed by atoms with Crippen LogP contribution in [0.1, 0.15) is 68.9 Å². The van der Waals surface area contributed by atoms with Gasteiger partial charge in [0.1, 0.15) is 4.32 Å². The van der Waals surface area contributed by atoms with Gasteiger partial charge in [0.15, 0.2) is 0 Å². The molecule has 1 saturated heterocycles. The number of anilines is 2. The molecule has 2 unspecified atom stereocenters. The van der Waals surface area contributed by atoms with E-state index in [4.69, 9.17) is 12.2 Å². The first kappa shape index (κ1) is 21.7. The van der Waals surface area contributed by atoms with E-state index in [0.29, 0.717) is 16.3 Å². The smallest absolute Gasteiger partial charge is 0.266 e. The molecule has 0 radical (unpaired) electrons. The van der Waals surface area contributed by atoms with E-state index in [1.165, 1.54) is 60.8 Å². The fourth-order valence-electron chi connectivity index (χ4n) is 5.43. The predicted molar refractivity (Wildman–Crippen MR) is 139 cm³/mol. The molecule has 2 aromatic carbocycles. The van der Waals surface area contributed by atoms with Crippen LogP contribution >= 0.6 is 24.0 Å². The molecular weight excluding hydrogens is 432 g/mol. The lowest BCUT2D eigenvalue weighted by molar-refractivity contribution is -0.122. The van der Waals surface area contributed by atoms with Gasteiger partial charge in [-0.3, -0.25) is 9.69 Å². The zero-order chi connectivity index (χ0) is 22.1. The summed E-state index contributed by atoms with van der Waals surface area (Å²) >= 11 is 6.97. The summed E-state index contributed by atoms with van der Waals surface area (Å²) in [6.07, 6.45) is 10.4. The van der Waals surface area contributed by atoms with Gasteiger partial charge in [0.25, 0.3) is 5.91 Å². The molecule has 32 heavy (non-hydrogen) atoms. The summed E-state index contributed by atoms with van der Waals surface area (Å²) in [5.74, 6) is 0.647. The second-order valence-corrected chi connectivity index (χ2v) is 10.7. The minimum atomic E-state index is 0.0710. The standard InChI is InChI=1S/C27H30N2OS2/c1-2-3-4-8-16-28-26(30)25(32-27(28)31)18-19-14-15-24-22(17-19)21-12-9-13-23(21)29(24)20-10-6-5-7-11-20/h5-7,10-11,14-15,17-18,21,23H,2-4,8-9,12-13,16H2,1H3/b25-18+. The summed E-state index contributed by atoms with van der Waals surface area (Å²) in [5, 5.41) is 0. The van der Waals surface area contributed by atoms with Crippen molar-refractivity contribution in [3.8, 4) is 0 Å². The minimum absolute atomic E-state index is 0.0710. The van der Waals surface area contributed by atoms with Crippen molar-refractivity contribution in [3.05, 3.63) is 64.6 Å². The fourth-order valence-corrected chi connectivity index (χ4v) is 6.74. The van der Waals surface area contributed by atoms with E-state index in [1.807, 2.05) is 6.08 Å². The van der Waals surface area contributed by atoms with E-state index in [-0.39, 0.29) is 5.91 Å². The molecule has 2 aliphatic heterocycles. The Bertz CT molecular complexity index is 1050. The molecule has 0 bridgehead atoms. The molecule has 0 N–H and O–H groups in total. The van der Waals surface area contributed by atoms with Gasteiger partial charge in [0, 0.05) is 29.9 Å². The van der Waals surface area contributed by atoms with Crippen molar-refractivity contribution in [2.75, 3.05) is 11.4 Å². The van der Waals surface area contributed by atoms with E-state index < -0.39 is 0 Å². The summed E-state index contributed by atoms with van der Waals surface area (Å²) in [6, 6.07) is 18.0. The average molecular weight is 463 g/mol. The number of unbranched alkanes of at least 4 members (excludes halogenated alkanes) is 3. The van der Waals surface area contributed by atoms with Crippen LogP contribution in [0.15, 0.2) is 53.4 Å². The fraction of sp³-hybridized carbons (Fsp3) is 0.407. The Balaban J connectivity index is 1.39. The monoisotopic (exact) mass is 462 g/mol. The van der Waals surface area contributed by atoms with Crippen LogP contribution in [-0.2, 0) is 4.79 Å². The van der Waals surface area contributed by atoms with Crippen LogP contribution in [0.2, 0.25) is 0 Å². The maximum absolute atomic E-state index is 13.0. The molecule has 3 aliphatic rings. The van der Waals surface area contributed by atoms with E-state index in [2.05, 4.69) is 60.4 Å². The van der Waals surface area contributed by atoms with Crippen molar-refractivity contribution in [1.82, 2.24) is 4.90 Å². The highest BCUT2D eigenvalue weighted by Gasteiger charge is 2.42. The van der Waals surface area contributed by atoms with Crippen molar-refractivity contribution in [2.24, 2.45) is 0 Å². The van der Waals surface area contributed by atoms with Crippen LogP contribution in [0.5, 0.6) is 0 Å². The van der Waals surface area contributed by atoms with E-state index in [0.717, 1.165) is 29.9 Å². The van der Waals surface area contributed by atoms with Crippen LogP contribution < -0.4 is 4.90 Å². The Kier molecular flexibility index (Phi) is 6.38. The Morgan fingerprint density at radius 2 is 1.94 bits per heavy atom. The number of carbonyl (C=O) groups is 1. The van der Waals surface area contributed by atoms with Crippen LogP contribution in [0, 0.1) is 0 Å². The first-order valence-corrected chi connectivity index (χ1v) is 13.1. The summed E-state index contributed by atoms with van der Waals surface area (Å²) in [6.45, 7) is 2.94. The van der Waals surface area contributed by atoms with Gasteiger partial charge >= 0.3 is 0 Å². The lowest BCUT2D eigenvalue weighted by Crippen LogP contribution is -2.28. The maximum atomic E-state index is 13.0. The number of thiocarbonyl (C=S) groups is 1. The van der Waals surface area contributed by atoms with E-state index >= 15 is 0 Å². The van der Waals surface area contributed by atoms with Crippen LogP contribution in [0.3, 0.4) is 0 Å². The summed E-state index contributed by atoms with van der Waals surface area (Å²) < 4.78 is 0.699. The molecule has 2 fully saturated rings. The zero-order valence-corrected chi connectivity index (χ0v) is 20.3.